The van der Waals surface area contributed by atoms with Crippen LogP contribution in [-0.4, -0.2) is 48.1 Å². The van der Waals surface area contributed by atoms with Gasteiger partial charge in [-0.15, -0.1) is 0 Å². The summed E-state index contributed by atoms with van der Waals surface area (Å²) in [5.41, 5.74) is 0. The van der Waals surface area contributed by atoms with Crippen LogP contribution in [0, 0.1) is 5.92 Å². The first kappa shape index (κ1) is 16.3. The summed E-state index contributed by atoms with van der Waals surface area (Å²) in [7, 11) is 1.73. The van der Waals surface area contributed by atoms with E-state index in [2.05, 4.69) is 19.2 Å². The normalized spacial score (nSPS) is 34.2. The molecule has 1 saturated heterocycles. The van der Waals surface area contributed by atoms with Gasteiger partial charge in [-0.1, -0.05) is 13.8 Å². The Morgan fingerprint density at radius 2 is 2.05 bits per heavy atom. The van der Waals surface area contributed by atoms with E-state index in [9.17, 15) is 9.59 Å². The maximum atomic E-state index is 12.6. The Morgan fingerprint density at radius 3 is 2.67 bits per heavy atom. The lowest BCUT2D eigenvalue weighted by molar-refractivity contribution is -0.154. The second-order valence-electron chi connectivity index (χ2n) is 6.80. The third kappa shape index (κ3) is 3.57. The number of hydrogen-bond donors (Lipinski definition) is 1. The third-order valence-electron chi connectivity index (χ3n) is 4.64. The summed E-state index contributed by atoms with van der Waals surface area (Å²) in [5.74, 6) is 0.434. The first-order chi connectivity index (χ1) is 9.93. The second-order valence-corrected chi connectivity index (χ2v) is 6.80. The maximum Gasteiger partial charge on any atom is 0.245 e. The molecule has 2 aliphatic rings. The van der Waals surface area contributed by atoms with Crippen LogP contribution >= 0.6 is 0 Å². The first-order valence-corrected chi connectivity index (χ1v) is 8.09. The molecule has 1 aliphatic heterocycles. The molecule has 5 nitrogen and oxygen atoms in total. The van der Waals surface area contributed by atoms with Gasteiger partial charge in [-0.2, -0.15) is 0 Å². The minimum absolute atomic E-state index is 0.00431. The minimum atomic E-state index is -0.413. The van der Waals surface area contributed by atoms with Crippen molar-refractivity contribution in [2.75, 3.05) is 7.11 Å². The molecule has 0 bridgehead atoms. The molecule has 0 aromatic rings. The Balaban J connectivity index is 2.20. The van der Waals surface area contributed by atoms with Crippen LogP contribution in [0.3, 0.4) is 0 Å². The second kappa shape index (κ2) is 6.77. The summed E-state index contributed by atoms with van der Waals surface area (Å²) in [4.78, 5) is 26.9. The van der Waals surface area contributed by atoms with Crippen LogP contribution < -0.4 is 5.32 Å². The van der Waals surface area contributed by atoms with Crippen molar-refractivity contribution in [3.05, 3.63) is 0 Å². The van der Waals surface area contributed by atoms with Gasteiger partial charge in [-0.3, -0.25) is 9.59 Å². The number of nitrogens with zero attached hydrogens (tertiary/aromatic N) is 1. The predicted molar refractivity (Wildman–Crippen MR) is 80.7 cm³/mol. The van der Waals surface area contributed by atoms with Gasteiger partial charge >= 0.3 is 0 Å². The third-order valence-corrected chi connectivity index (χ3v) is 4.64. The molecule has 2 rings (SSSR count). The van der Waals surface area contributed by atoms with E-state index >= 15 is 0 Å². The van der Waals surface area contributed by atoms with Crippen LogP contribution in [0.1, 0.15) is 52.9 Å². The number of piperazine rings is 1. The summed E-state index contributed by atoms with van der Waals surface area (Å²) in [6, 6.07) is -0.605. The summed E-state index contributed by atoms with van der Waals surface area (Å²) in [5, 5.41) is 2.82. The lowest BCUT2D eigenvalue weighted by Gasteiger charge is -2.45. The summed E-state index contributed by atoms with van der Waals surface area (Å²) in [6.07, 6.45) is 4.84. The number of ether oxygens (including phenoxy) is 1. The zero-order valence-electron chi connectivity index (χ0n) is 13.6. The van der Waals surface area contributed by atoms with E-state index in [0.29, 0.717) is 5.92 Å². The quantitative estimate of drug-likeness (QED) is 0.859. The SMILES string of the molecule is COC1CCCC(N2C(=O)C(C)NC(=O)C2CC(C)C)C1. The van der Waals surface area contributed by atoms with E-state index in [0.717, 1.165) is 32.1 Å². The highest BCUT2D eigenvalue weighted by molar-refractivity contribution is 5.96. The smallest absolute Gasteiger partial charge is 0.245 e. The molecule has 2 amide bonds. The number of methoxy groups -OCH3 is 1. The Kier molecular flexibility index (Phi) is 5.25. The Labute approximate surface area is 127 Å². The number of carbonyl (C=O) groups excluding carboxylic acids is 2. The van der Waals surface area contributed by atoms with E-state index in [-0.39, 0.29) is 30.0 Å². The summed E-state index contributed by atoms with van der Waals surface area (Å²) < 4.78 is 5.48. The van der Waals surface area contributed by atoms with Crippen LogP contribution in [0.5, 0.6) is 0 Å². The van der Waals surface area contributed by atoms with Gasteiger partial charge in [-0.25, -0.2) is 0 Å². The summed E-state index contributed by atoms with van der Waals surface area (Å²) in [6.45, 7) is 5.95. The Hall–Kier alpha value is -1.10. The number of hydrogen-bond acceptors (Lipinski definition) is 3. The van der Waals surface area contributed by atoms with Gasteiger partial charge in [0.15, 0.2) is 0 Å². The Bertz CT molecular complexity index is 397. The molecule has 4 atom stereocenters. The van der Waals surface area contributed by atoms with Gasteiger partial charge in [0.1, 0.15) is 12.1 Å². The number of carbonyl (C=O) groups is 2. The molecule has 21 heavy (non-hydrogen) atoms. The van der Waals surface area contributed by atoms with Crippen molar-refractivity contribution in [2.45, 2.75) is 77.1 Å². The molecule has 0 spiro atoms. The van der Waals surface area contributed by atoms with Crippen LogP contribution in [-0.2, 0) is 14.3 Å². The summed E-state index contributed by atoms with van der Waals surface area (Å²) >= 11 is 0. The van der Waals surface area contributed by atoms with Gasteiger partial charge in [0, 0.05) is 13.2 Å². The van der Waals surface area contributed by atoms with Crippen molar-refractivity contribution < 1.29 is 14.3 Å². The maximum absolute atomic E-state index is 12.6. The fraction of sp³-hybridized carbons (Fsp3) is 0.875. The predicted octanol–water partition coefficient (Wildman–Crippen LogP) is 1.71. The molecule has 0 radical (unpaired) electrons. The van der Waals surface area contributed by atoms with E-state index in [1.165, 1.54) is 0 Å². The van der Waals surface area contributed by atoms with Crippen molar-refractivity contribution in [1.82, 2.24) is 10.2 Å². The topological polar surface area (TPSA) is 58.6 Å². The van der Waals surface area contributed by atoms with Crippen molar-refractivity contribution in [1.29, 1.82) is 0 Å². The molecule has 2 fully saturated rings. The average molecular weight is 296 g/mol. The molecule has 0 aromatic carbocycles. The van der Waals surface area contributed by atoms with E-state index < -0.39 is 6.04 Å². The molecule has 1 N–H and O–H groups in total. The van der Waals surface area contributed by atoms with Crippen molar-refractivity contribution in [2.24, 2.45) is 5.92 Å². The molecular weight excluding hydrogens is 268 g/mol. The van der Waals surface area contributed by atoms with Crippen LogP contribution in [0.2, 0.25) is 0 Å². The highest BCUT2D eigenvalue weighted by atomic mass is 16.5. The van der Waals surface area contributed by atoms with Crippen molar-refractivity contribution in [3.63, 3.8) is 0 Å². The molecule has 1 saturated carbocycles. The van der Waals surface area contributed by atoms with Crippen molar-refractivity contribution in [3.8, 4) is 0 Å². The molecule has 4 unspecified atom stereocenters. The minimum Gasteiger partial charge on any atom is -0.381 e. The molecule has 0 aromatic heterocycles. The zero-order chi connectivity index (χ0) is 15.6. The largest absolute Gasteiger partial charge is 0.381 e. The number of rotatable bonds is 4. The lowest BCUT2D eigenvalue weighted by Crippen LogP contribution is -2.65. The molecule has 120 valence electrons. The van der Waals surface area contributed by atoms with E-state index in [1.54, 1.807) is 14.0 Å². The van der Waals surface area contributed by atoms with E-state index in [1.807, 2.05) is 4.90 Å². The van der Waals surface area contributed by atoms with Gasteiger partial charge in [0.05, 0.1) is 6.10 Å². The van der Waals surface area contributed by atoms with Gasteiger partial charge in [0.25, 0.3) is 0 Å². The standard InChI is InChI=1S/C16H28N2O3/c1-10(2)8-14-15(19)17-11(3)16(20)18(14)12-6-5-7-13(9-12)21-4/h10-14H,5-9H2,1-4H3,(H,17,19). The zero-order valence-corrected chi connectivity index (χ0v) is 13.6. The van der Waals surface area contributed by atoms with Crippen LogP contribution in [0.15, 0.2) is 0 Å². The Morgan fingerprint density at radius 1 is 1.33 bits per heavy atom. The average Bonchev–Trinajstić information content (AvgIpc) is 2.44. The first-order valence-electron chi connectivity index (χ1n) is 8.09. The van der Waals surface area contributed by atoms with Gasteiger partial charge < -0.3 is 15.0 Å². The molecule has 5 heteroatoms. The van der Waals surface area contributed by atoms with Gasteiger partial charge in [0.2, 0.25) is 11.8 Å². The highest BCUT2D eigenvalue weighted by Crippen LogP contribution is 2.30. The lowest BCUT2D eigenvalue weighted by atomic mass is 9.88. The van der Waals surface area contributed by atoms with Crippen LogP contribution in [0.4, 0.5) is 0 Å². The van der Waals surface area contributed by atoms with E-state index in [4.69, 9.17) is 4.74 Å². The van der Waals surface area contributed by atoms with Gasteiger partial charge in [-0.05, 0) is 44.9 Å². The molecule has 1 aliphatic carbocycles. The highest BCUT2D eigenvalue weighted by Gasteiger charge is 2.43. The van der Waals surface area contributed by atoms with Crippen LogP contribution in [0.25, 0.3) is 0 Å². The molecular formula is C16H28N2O3. The monoisotopic (exact) mass is 296 g/mol. The van der Waals surface area contributed by atoms with Crippen molar-refractivity contribution >= 4 is 11.8 Å². The fourth-order valence-electron chi connectivity index (χ4n) is 3.56. The molecule has 1 heterocycles. The number of nitrogens with one attached hydrogen (secondary N) is 1. The number of amides is 2. The fourth-order valence-corrected chi connectivity index (χ4v) is 3.56.